The molecule has 31 heavy (non-hydrogen) atoms. The molecule has 11 heteroatoms. The van der Waals surface area contributed by atoms with E-state index >= 15 is 0 Å². The maximum absolute atomic E-state index is 13.1. The summed E-state index contributed by atoms with van der Waals surface area (Å²) in [5.74, 6) is 2.30. The summed E-state index contributed by atoms with van der Waals surface area (Å²) >= 11 is 0. The number of rotatable bonds is 7. The van der Waals surface area contributed by atoms with Gasteiger partial charge in [-0.1, -0.05) is 0 Å². The number of pyridine rings is 1. The van der Waals surface area contributed by atoms with E-state index in [1.165, 1.54) is 0 Å². The predicted octanol–water partition coefficient (Wildman–Crippen LogP) is 3.18. The lowest BCUT2D eigenvalue weighted by Gasteiger charge is -2.15. The molecule has 0 spiro atoms. The summed E-state index contributed by atoms with van der Waals surface area (Å²) in [6, 6.07) is 4.00. The molecule has 0 amide bonds. The molecular formula is C20H21FN10. The van der Waals surface area contributed by atoms with Crippen LogP contribution in [0.25, 0.3) is 11.0 Å². The number of anilines is 4. The number of fused-ring (bicyclic) bond motifs is 1. The highest BCUT2D eigenvalue weighted by Crippen LogP contribution is 2.28. The third-order valence-electron chi connectivity index (χ3n) is 4.81. The molecule has 4 heterocycles. The summed E-state index contributed by atoms with van der Waals surface area (Å²) in [7, 11) is 1.89. The summed E-state index contributed by atoms with van der Waals surface area (Å²) in [5, 5.41) is 10.6. The fourth-order valence-corrected chi connectivity index (χ4v) is 3.09. The average Bonchev–Trinajstić information content (AvgIpc) is 3.47. The summed E-state index contributed by atoms with van der Waals surface area (Å²) < 4.78 is 15.0. The molecule has 0 saturated heterocycles. The molecule has 3 N–H and O–H groups in total. The number of imidazole rings is 1. The van der Waals surface area contributed by atoms with E-state index in [2.05, 4.69) is 45.9 Å². The number of aromatic nitrogens is 7. The first-order chi connectivity index (χ1) is 15.0. The quantitative estimate of drug-likeness (QED) is 0.414. The molecule has 1 atom stereocenters. The van der Waals surface area contributed by atoms with Gasteiger partial charge < -0.3 is 20.5 Å². The van der Waals surface area contributed by atoms with E-state index in [0.717, 1.165) is 36.4 Å². The Labute approximate surface area is 177 Å². The van der Waals surface area contributed by atoms with Crippen LogP contribution >= 0.6 is 0 Å². The Bertz CT molecular complexity index is 1220. The van der Waals surface area contributed by atoms with Crippen LogP contribution in [0.3, 0.4) is 0 Å². The summed E-state index contributed by atoms with van der Waals surface area (Å²) in [4.78, 5) is 26.2. The van der Waals surface area contributed by atoms with E-state index in [1.54, 1.807) is 6.33 Å². The molecule has 4 aromatic heterocycles. The van der Waals surface area contributed by atoms with Crippen LogP contribution in [-0.4, -0.2) is 40.5 Å². The first-order valence-corrected chi connectivity index (χ1v) is 9.98. The van der Waals surface area contributed by atoms with Crippen molar-refractivity contribution in [1.82, 2.24) is 34.5 Å². The van der Waals surface area contributed by atoms with E-state index in [4.69, 9.17) is 0 Å². The molecule has 1 aliphatic rings. The zero-order chi connectivity index (χ0) is 21.4. The van der Waals surface area contributed by atoms with Gasteiger partial charge in [0.2, 0.25) is 5.95 Å². The third-order valence-corrected chi connectivity index (χ3v) is 4.81. The van der Waals surface area contributed by atoms with Gasteiger partial charge in [0.1, 0.15) is 23.3 Å². The summed E-state index contributed by atoms with van der Waals surface area (Å²) in [5.41, 5.74) is 0.536. The first-order valence-electron chi connectivity index (χ1n) is 9.98. The second-order valence-corrected chi connectivity index (χ2v) is 7.56. The standard InChI is InChI=1S/C20H21FN10/c1-11(17-22-7-12(21)8-23-17)25-20-29-18-14(5-6-15(27-18)26-13-3-4-13)19(30-20)28-16-9-31(2)10-24-16/h5-11,13H,3-4H2,1-2H3,(H3,25,26,27,28,29,30). The van der Waals surface area contributed by atoms with Crippen LogP contribution in [0.4, 0.5) is 27.8 Å². The highest BCUT2D eigenvalue weighted by molar-refractivity contribution is 5.90. The van der Waals surface area contributed by atoms with E-state index in [9.17, 15) is 4.39 Å². The molecule has 0 bridgehead atoms. The Morgan fingerprint density at radius 2 is 1.87 bits per heavy atom. The molecule has 5 rings (SSSR count). The molecule has 4 aromatic rings. The van der Waals surface area contributed by atoms with Crippen molar-refractivity contribution >= 4 is 34.4 Å². The second-order valence-electron chi connectivity index (χ2n) is 7.56. The Morgan fingerprint density at radius 1 is 1.06 bits per heavy atom. The molecule has 158 valence electrons. The highest BCUT2D eigenvalue weighted by Gasteiger charge is 2.22. The number of nitrogens with one attached hydrogen (secondary N) is 3. The predicted molar refractivity (Wildman–Crippen MR) is 114 cm³/mol. The van der Waals surface area contributed by atoms with Crippen LogP contribution in [0.2, 0.25) is 0 Å². The minimum Gasteiger partial charge on any atom is -0.367 e. The van der Waals surface area contributed by atoms with Crippen molar-refractivity contribution < 1.29 is 4.39 Å². The summed E-state index contributed by atoms with van der Waals surface area (Å²) in [6.45, 7) is 1.85. The fraction of sp³-hybridized carbons (Fsp3) is 0.300. The molecule has 10 nitrogen and oxygen atoms in total. The van der Waals surface area contributed by atoms with E-state index in [0.29, 0.717) is 35.1 Å². The third kappa shape index (κ3) is 4.34. The Kier molecular flexibility index (Phi) is 4.77. The van der Waals surface area contributed by atoms with Gasteiger partial charge in [0.15, 0.2) is 11.5 Å². The van der Waals surface area contributed by atoms with Gasteiger partial charge in [-0.25, -0.2) is 24.3 Å². The van der Waals surface area contributed by atoms with Gasteiger partial charge in [-0.15, -0.1) is 0 Å². The molecule has 1 fully saturated rings. The minimum absolute atomic E-state index is 0.339. The first kappa shape index (κ1) is 19.1. The smallest absolute Gasteiger partial charge is 0.227 e. The van der Waals surface area contributed by atoms with Crippen molar-refractivity contribution in [2.45, 2.75) is 31.8 Å². The van der Waals surface area contributed by atoms with Crippen molar-refractivity contribution in [3.63, 3.8) is 0 Å². The minimum atomic E-state index is -0.486. The monoisotopic (exact) mass is 420 g/mol. The Hall–Kier alpha value is -3.89. The molecule has 0 radical (unpaired) electrons. The lowest BCUT2D eigenvalue weighted by molar-refractivity contribution is 0.604. The van der Waals surface area contributed by atoms with Crippen molar-refractivity contribution in [1.29, 1.82) is 0 Å². The SMILES string of the molecule is CC(Nc1nc(Nc2cn(C)cn2)c2ccc(NC3CC3)nc2n1)c1ncc(F)cn1. The zero-order valence-electron chi connectivity index (χ0n) is 17.0. The van der Waals surface area contributed by atoms with Gasteiger partial charge >= 0.3 is 0 Å². The number of hydrogen-bond donors (Lipinski definition) is 3. The van der Waals surface area contributed by atoms with E-state index in [-0.39, 0.29) is 6.04 Å². The highest BCUT2D eigenvalue weighted by atomic mass is 19.1. The maximum atomic E-state index is 13.1. The zero-order valence-corrected chi connectivity index (χ0v) is 17.0. The second kappa shape index (κ2) is 7.74. The molecule has 0 aromatic carbocycles. The Morgan fingerprint density at radius 3 is 2.58 bits per heavy atom. The molecule has 1 saturated carbocycles. The van der Waals surface area contributed by atoms with Gasteiger partial charge in [-0.05, 0) is 31.9 Å². The van der Waals surface area contributed by atoms with Crippen LogP contribution in [0.5, 0.6) is 0 Å². The Balaban J connectivity index is 1.50. The molecule has 1 aliphatic carbocycles. The summed E-state index contributed by atoms with van der Waals surface area (Å²) in [6.07, 6.45) is 8.12. The van der Waals surface area contributed by atoms with Crippen LogP contribution in [0, 0.1) is 5.82 Å². The number of halogens is 1. The van der Waals surface area contributed by atoms with Gasteiger partial charge in [0, 0.05) is 19.3 Å². The van der Waals surface area contributed by atoms with Gasteiger partial charge in [0.25, 0.3) is 0 Å². The van der Waals surface area contributed by atoms with Crippen LogP contribution < -0.4 is 16.0 Å². The van der Waals surface area contributed by atoms with Crippen LogP contribution in [-0.2, 0) is 7.05 Å². The number of nitrogens with zero attached hydrogens (tertiary/aromatic N) is 7. The fourth-order valence-electron chi connectivity index (χ4n) is 3.09. The van der Waals surface area contributed by atoms with Crippen LogP contribution in [0.1, 0.15) is 31.6 Å². The van der Waals surface area contributed by atoms with Gasteiger partial charge in [-0.2, -0.15) is 9.97 Å². The van der Waals surface area contributed by atoms with E-state index < -0.39 is 5.82 Å². The average molecular weight is 420 g/mol. The lowest BCUT2D eigenvalue weighted by atomic mass is 10.3. The van der Waals surface area contributed by atoms with Crippen LogP contribution in [0.15, 0.2) is 37.1 Å². The topological polar surface area (TPSA) is 118 Å². The largest absolute Gasteiger partial charge is 0.367 e. The number of hydrogen-bond acceptors (Lipinski definition) is 9. The van der Waals surface area contributed by atoms with Crippen molar-refractivity contribution in [3.8, 4) is 0 Å². The van der Waals surface area contributed by atoms with Crippen molar-refractivity contribution in [2.75, 3.05) is 16.0 Å². The normalized spacial score (nSPS) is 14.4. The molecule has 0 aliphatic heterocycles. The lowest BCUT2D eigenvalue weighted by Crippen LogP contribution is -2.14. The van der Waals surface area contributed by atoms with Gasteiger partial charge in [0.05, 0.1) is 30.1 Å². The van der Waals surface area contributed by atoms with Crippen molar-refractivity contribution in [3.05, 3.63) is 48.7 Å². The van der Waals surface area contributed by atoms with E-state index in [1.807, 2.05) is 36.9 Å². The molecule has 1 unspecified atom stereocenters. The van der Waals surface area contributed by atoms with Crippen molar-refractivity contribution in [2.24, 2.45) is 7.05 Å². The maximum Gasteiger partial charge on any atom is 0.227 e. The number of aryl methyl sites for hydroxylation is 1. The van der Waals surface area contributed by atoms with Gasteiger partial charge in [-0.3, -0.25) is 0 Å². The molecular weight excluding hydrogens is 399 g/mol.